The number of rotatable bonds is 8. The number of benzene rings is 1. The minimum Gasteiger partial charge on any atom is -0.425 e. The fourth-order valence-electron chi connectivity index (χ4n) is 2.21. The van der Waals surface area contributed by atoms with Crippen molar-refractivity contribution in [2.24, 2.45) is 0 Å². The predicted octanol–water partition coefficient (Wildman–Crippen LogP) is 1.59. The van der Waals surface area contributed by atoms with E-state index < -0.39 is 22.1 Å². The number of hydrogen-bond acceptors (Lipinski definition) is 6. The van der Waals surface area contributed by atoms with Gasteiger partial charge in [0.25, 0.3) is 0 Å². The zero-order valence-electron chi connectivity index (χ0n) is 14.2. The van der Waals surface area contributed by atoms with Crippen molar-refractivity contribution in [1.82, 2.24) is 4.31 Å². The molecule has 0 aliphatic carbocycles. The van der Waals surface area contributed by atoms with Gasteiger partial charge in [-0.2, -0.15) is 4.31 Å². The Balaban J connectivity index is 1.97. The lowest BCUT2D eigenvalue weighted by atomic mass is 10.3. The minimum atomic E-state index is -3.56. The molecule has 1 fully saturated rings. The van der Waals surface area contributed by atoms with E-state index in [2.05, 4.69) is 6.58 Å². The lowest BCUT2D eigenvalue weighted by Crippen LogP contribution is -2.40. The molecule has 1 heterocycles. The second kappa shape index (κ2) is 9.10. The third-order valence-electron chi connectivity index (χ3n) is 3.67. The number of morpholine rings is 1. The van der Waals surface area contributed by atoms with Gasteiger partial charge in [0.1, 0.15) is 5.75 Å². The molecular formula is C17H23NO6S. The SMILES string of the molecule is C=CCCOC(C)C(=O)Oc1ccc(S(=O)(=O)N2CCOCC2)cc1. The largest absolute Gasteiger partial charge is 0.425 e. The van der Waals surface area contributed by atoms with E-state index in [0.717, 1.165) is 0 Å². The van der Waals surface area contributed by atoms with Gasteiger partial charge in [0.2, 0.25) is 10.0 Å². The first-order chi connectivity index (χ1) is 11.9. The Labute approximate surface area is 148 Å². The number of esters is 1. The van der Waals surface area contributed by atoms with E-state index in [1.54, 1.807) is 13.0 Å². The van der Waals surface area contributed by atoms with Gasteiger partial charge in [0.05, 0.1) is 24.7 Å². The molecular weight excluding hydrogens is 346 g/mol. The van der Waals surface area contributed by atoms with Crippen LogP contribution >= 0.6 is 0 Å². The highest BCUT2D eigenvalue weighted by atomic mass is 32.2. The van der Waals surface area contributed by atoms with Crippen LogP contribution in [0.4, 0.5) is 0 Å². The van der Waals surface area contributed by atoms with E-state index in [9.17, 15) is 13.2 Å². The van der Waals surface area contributed by atoms with E-state index in [4.69, 9.17) is 14.2 Å². The van der Waals surface area contributed by atoms with Gasteiger partial charge in [-0.1, -0.05) is 6.08 Å². The number of carbonyl (C=O) groups excluding carboxylic acids is 1. The molecule has 0 radical (unpaired) electrons. The maximum absolute atomic E-state index is 12.5. The van der Waals surface area contributed by atoms with Gasteiger partial charge >= 0.3 is 5.97 Å². The lowest BCUT2D eigenvalue weighted by molar-refractivity contribution is -0.146. The standard InChI is InChI=1S/C17H23NO6S/c1-3-4-11-23-14(2)17(19)24-15-5-7-16(8-6-15)25(20,21)18-9-12-22-13-10-18/h3,5-8,14H,1,4,9-13H2,2H3. The van der Waals surface area contributed by atoms with Crippen molar-refractivity contribution in [3.8, 4) is 5.75 Å². The summed E-state index contributed by atoms with van der Waals surface area (Å²) in [6.07, 6.45) is 1.63. The Morgan fingerprint density at radius 1 is 1.32 bits per heavy atom. The third-order valence-corrected chi connectivity index (χ3v) is 5.58. The molecule has 1 aliphatic heterocycles. The Morgan fingerprint density at radius 3 is 2.56 bits per heavy atom. The maximum atomic E-state index is 12.5. The molecule has 1 atom stereocenters. The topological polar surface area (TPSA) is 82.1 Å². The van der Waals surface area contributed by atoms with Gasteiger partial charge in [0, 0.05) is 13.1 Å². The molecule has 2 rings (SSSR count). The molecule has 1 aromatic rings. The van der Waals surface area contributed by atoms with Crippen molar-refractivity contribution >= 4 is 16.0 Å². The fourth-order valence-corrected chi connectivity index (χ4v) is 3.62. The number of carbonyl (C=O) groups is 1. The molecule has 8 heteroatoms. The van der Waals surface area contributed by atoms with Crippen molar-refractivity contribution < 1.29 is 27.4 Å². The second-order valence-electron chi connectivity index (χ2n) is 5.50. The van der Waals surface area contributed by atoms with Gasteiger partial charge in [-0.3, -0.25) is 0 Å². The summed E-state index contributed by atoms with van der Waals surface area (Å²) in [6, 6.07) is 5.77. The van der Waals surface area contributed by atoms with Gasteiger partial charge in [0.15, 0.2) is 6.10 Å². The van der Waals surface area contributed by atoms with Crippen LogP contribution in [-0.2, 0) is 24.3 Å². The summed E-state index contributed by atoms with van der Waals surface area (Å²) in [5.74, 6) is -0.266. The third kappa shape index (κ3) is 5.37. The molecule has 0 amide bonds. The molecule has 0 aromatic heterocycles. The molecule has 1 saturated heterocycles. The van der Waals surface area contributed by atoms with Crippen LogP contribution in [0.5, 0.6) is 5.75 Å². The first kappa shape index (κ1) is 19.6. The molecule has 1 unspecified atom stereocenters. The molecule has 0 saturated carbocycles. The van der Waals surface area contributed by atoms with Crippen LogP contribution in [0.3, 0.4) is 0 Å². The number of ether oxygens (including phenoxy) is 3. The summed E-state index contributed by atoms with van der Waals surface area (Å²) in [5, 5.41) is 0. The average molecular weight is 369 g/mol. The van der Waals surface area contributed by atoms with Gasteiger partial charge < -0.3 is 14.2 Å². The first-order valence-electron chi connectivity index (χ1n) is 8.07. The zero-order valence-corrected chi connectivity index (χ0v) is 15.0. The van der Waals surface area contributed by atoms with Crippen LogP contribution < -0.4 is 4.74 Å². The van der Waals surface area contributed by atoms with Crippen LogP contribution in [0.15, 0.2) is 41.8 Å². The summed E-state index contributed by atoms with van der Waals surface area (Å²) in [7, 11) is -3.56. The van der Waals surface area contributed by atoms with E-state index in [-0.39, 0.29) is 10.6 Å². The van der Waals surface area contributed by atoms with Crippen molar-refractivity contribution in [1.29, 1.82) is 0 Å². The maximum Gasteiger partial charge on any atom is 0.340 e. The van der Waals surface area contributed by atoms with Gasteiger partial charge in [-0.25, -0.2) is 13.2 Å². The van der Waals surface area contributed by atoms with E-state index in [1.165, 1.54) is 28.6 Å². The second-order valence-corrected chi connectivity index (χ2v) is 7.44. The molecule has 0 N–H and O–H groups in total. The lowest BCUT2D eigenvalue weighted by Gasteiger charge is -2.26. The van der Waals surface area contributed by atoms with Crippen LogP contribution in [0.1, 0.15) is 13.3 Å². The highest BCUT2D eigenvalue weighted by Crippen LogP contribution is 2.21. The molecule has 0 spiro atoms. The number of hydrogen-bond donors (Lipinski definition) is 0. The summed E-state index contributed by atoms with van der Waals surface area (Å²) in [6.45, 7) is 7.00. The van der Waals surface area contributed by atoms with E-state index in [0.29, 0.717) is 39.3 Å². The molecule has 1 aliphatic rings. The fraction of sp³-hybridized carbons (Fsp3) is 0.471. The highest BCUT2D eigenvalue weighted by Gasteiger charge is 2.26. The molecule has 1 aromatic carbocycles. The first-order valence-corrected chi connectivity index (χ1v) is 9.51. The van der Waals surface area contributed by atoms with E-state index in [1.807, 2.05) is 0 Å². The Kier molecular flexibility index (Phi) is 7.12. The zero-order chi connectivity index (χ0) is 18.3. The molecule has 138 valence electrons. The number of nitrogens with zero attached hydrogens (tertiary/aromatic N) is 1. The Morgan fingerprint density at radius 2 is 1.96 bits per heavy atom. The van der Waals surface area contributed by atoms with Gasteiger partial charge in [-0.05, 0) is 37.6 Å². The van der Waals surface area contributed by atoms with Crippen molar-refractivity contribution in [2.45, 2.75) is 24.3 Å². The summed E-state index contributed by atoms with van der Waals surface area (Å²) >= 11 is 0. The summed E-state index contributed by atoms with van der Waals surface area (Å²) in [4.78, 5) is 12.1. The van der Waals surface area contributed by atoms with Crippen molar-refractivity contribution in [3.63, 3.8) is 0 Å². The predicted molar refractivity (Wildman–Crippen MR) is 91.9 cm³/mol. The smallest absolute Gasteiger partial charge is 0.340 e. The van der Waals surface area contributed by atoms with Crippen LogP contribution in [-0.4, -0.2) is 57.7 Å². The van der Waals surface area contributed by atoms with Crippen LogP contribution in [0.2, 0.25) is 0 Å². The van der Waals surface area contributed by atoms with E-state index >= 15 is 0 Å². The normalized spacial score (nSPS) is 17.0. The molecule has 25 heavy (non-hydrogen) atoms. The summed E-state index contributed by atoms with van der Waals surface area (Å²) in [5.41, 5.74) is 0. The molecule has 7 nitrogen and oxygen atoms in total. The highest BCUT2D eigenvalue weighted by molar-refractivity contribution is 7.89. The Hall–Kier alpha value is -1.74. The van der Waals surface area contributed by atoms with Crippen molar-refractivity contribution in [2.75, 3.05) is 32.9 Å². The van der Waals surface area contributed by atoms with Crippen molar-refractivity contribution in [3.05, 3.63) is 36.9 Å². The van der Waals surface area contributed by atoms with Gasteiger partial charge in [-0.15, -0.1) is 6.58 Å². The van der Waals surface area contributed by atoms with Crippen LogP contribution in [0, 0.1) is 0 Å². The Bertz CT molecular complexity index is 680. The summed E-state index contributed by atoms with van der Waals surface area (Å²) < 4.78 is 42.1. The quantitative estimate of drug-likeness (QED) is 0.300. The number of sulfonamides is 1. The average Bonchev–Trinajstić information content (AvgIpc) is 2.63. The monoisotopic (exact) mass is 369 g/mol. The molecule has 0 bridgehead atoms. The minimum absolute atomic E-state index is 0.157. The van der Waals surface area contributed by atoms with Crippen LogP contribution in [0.25, 0.3) is 0 Å².